The Morgan fingerprint density at radius 1 is 0.955 bits per heavy atom. The van der Waals surface area contributed by atoms with Gasteiger partial charge in [0, 0.05) is 25.1 Å². The fourth-order valence-electron chi connectivity index (χ4n) is 4.93. The molecule has 3 aromatic carbocycles. The summed E-state index contributed by atoms with van der Waals surface area (Å²) in [6.07, 6.45) is 3.15. The monoisotopic (exact) mass is 636 g/mol. The molecule has 232 valence electrons. The Morgan fingerprint density at radius 2 is 1.61 bits per heavy atom. The molecule has 0 fully saturated rings. The van der Waals surface area contributed by atoms with Gasteiger partial charge in [0.15, 0.2) is 0 Å². The van der Waals surface area contributed by atoms with Crippen LogP contribution in [-0.2, 0) is 39.9 Å². The number of benzene rings is 3. The van der Waals surface area contributed by atoms with E-state index in [0.29, 0.717) is 28.4 Å². The van der Waals surface area contributed by atoms with Crippen LogP contribution < -0.4 is 10.0 Å². The van der Waals surface area contributed by atoms with Crippen molar-refractivity contribution in [3.63, 3.8) is 0 Å². The Kier molecular flexibility index (Phi) is 10.5. The number of carboxylic acids is 1. The standard InChI is InChI=1S/C32H36N4O6S2/c1-4-11-27-34-29(43-3)28(32(40,5-2)30(37)38)36(27)21-23-16-18-24(19-17-23)25-14-9-10-15-26(25)44(41,42)35-31(39)33-20-22-12-7-6-8-13-22/h6-10,12-19,40H,4-5,11,20-21H2,1-3H3,(H,37,38)(H2,33,35,39). The van der Waals surface area contributed by atoms with E-state index < -0.39 is 27.6 Å². The number of carbonyl (C=O) groups excluding carboxylic acids is 1. The number of carboxylic acid groups (broad SMARTS) is 1. The number of imidazole rings is 1. The number of aliphatic carboxylic acids is 1. The average molecular weight is 637 g/mol. The van der Waals surface area contributed by atoms with Crippen LogP contribution in [0.4, 0.5) is 4.79 Å². The normalized spacial score (nSPS) is 12.8. The lowest BCUT2D eigenvalue weighted by Crippen LogP contribution is -2.39. The summed E-state index contributed by atoms with van der Waals surface area (Å²) >= 11 is 1.29. The summed E-state index contributed by atoms with van der Waals surface area (Å²) in [7, 11) is -4.21. The van der Waals surface area contributed by atoms with Gasteiger partial charge in [-0.2, -0.15) is 0 Å². The van der Waals surface area contributed by atoms with Crippen molar-refractivity contribution < 1.29 is 28.2 Å². The second-order valence-electron chi connectivity index (χ2n) is 10.2. The molecule has 0 spiro atoms. The molecule has 0 radical (unpaired) electrons. The van der Waals surface area contributed by atoms with Crippen molar-refractivity contribution in [2.45, 2.75) is 61.7 Å². The maximum atomic E-state index is 13.2. The number of rotatable bonds is 13. The first-order valence-corrected chi connectivity index (χ1v) is 16.9. The number of aliphatic hydroxyl groups is 1. The average Bonchev–Trinajstić information content (AvgIpc) is 3.37. The van der Waals surface area contributed by atoms with Gasteiger partial charge in [-0.25, -0.2) is 27.7 Å². The molecular formula is C32H36N4O6S2. The molecule has 0 aliphatic heterocycles. The molecule has 0 aliphatic carbocycles. The summed E-state index contributed by atoms with van der Waals surface area (Å²) < 4.78 is 30.4. The van der Waals surface area contributed by atoms with Gasteiger partial charge in [-0.1, -0.05) is 86.6 Å². The molecular weight excluding hydrogens is 601 g/mol. The van der Waals surface area contributed by atoms with Gasteiger partial charge < -0.3 is 20.1 Å². The van der Waals surface area contributed by atoms with E-state index in [1.165, 1.54) is 17.8 Å². The molecule has 0 saturated heterocycles. The molecule has 4 rings (SSSR count). The third kappa shape index (κ3) is 7.15. The number of carbonyl (C=O) groups is 2. The number of nitrogens with zero attached hydrogens (tertiary/aromatic N) is 2. The molecule has 0 saturated carbocycles. The van der Waals surface area contributed by atoms with Crippen LogP contribution in [0.5, 0.6) is 0 Å². The van der Waals surface area contributed by atoms with E-state index in [4.69, 9.17) is 0 Å². The molecule has 4 aromatic rings. The van der Waals surface area contributed by atoms with Gasteiger partial charge in [0.1, 0.15) is 10.9 Å². The molecule has 44 heavy (non-hydrogen) atoms. The fraction of sp³-hybridized carbons (Fsp3) is 0.281. The maximum absolute atomic E-state index is 13.2. The summed E-state index contributed by atoms with van der Waals surface area (Å²) in [5, 5.41) is 24.2. The van der Waals surface area contributed by atoms with Crippen molar-refractivity contribution in [1.82, 2.24) is 19.6 Å². The highest BCUT2D eigenvalue weighted by Gasteiger charge is 2.42. The Labute approximate surface area is 261 Å². The van der Waals surface area contributed by atoms with E-state index >= 15 is 0 Å². The summed E-state index contributed by atoms with van der Waals surface area (Å²) in [6.45, 7) is 4.06. The van der Waals surface area contributed by atoms with Crippen molar-refractivity contribution in [2.75, 3.05) is 6.26 Å². The highest BCUT2D eigenvalue weighted by atomic mass is 32.2. The van der Waals surface area contributed by atoms with Crippen LogP contribution in [0, 0.1) is 0 Å². The number of hydrogen-bond donors (Lipinski definition) is 4. The van der Waals surface area contributed by atoms with E-state index in [1.807, 2.05) is 49.4 Å². The lowest BCUT2D eigenvalue weighted by Gasteiger charge is -2.25. The number of aromatic nitrogens is 2. The van der Waals surface area contributed by atoms with Crippen molar-refractivity contribution >= 4 is 33.8 Å². The van der Waals surface area contributed by atoms with E-state index in [0.717, 1.165) is 17.5 Å². The van der Waals surface area contributed by atoms with E-state index in [2.05, 4.69) is 15.0 Å². The Bertz CT molecular complexity index is 1720. The summed E-state index contributed by atoms with van der Waals surface area (Å²) in [5.74, 6) is -0.660. The van der Waals surface area contributed by atoms with E-state index in [1.54, 1.807) is 48.1 Å². The molecule has 2 amide bonds. The van der Waals surface area contributed by atoms with Crippen molar-refractivity contribution in [3.05, 3.63) is 102 Å². The first-order chi connectivity index (χ1) is 21.0. The Balaban J connectivity index is 1.61. The number of aryl methyl sites for hydroxylation is 1. The molecule has 10 nitrogen and oxygen atoms in total. The zero-order valence-corrected chi connectivity index (χ0v) is 26.4. The van der Waals surface area contributed by atoms with Crippen LogP contribution in [-0.4, -0.2) is 46.4 Å². The number of urea groups is 1. The van der Waals surface area contributed by atoms with Crippen LogP contribution in [0.25, 0.3) is 11.1 Å². The maximum Gasteiger partial charge on any atom is 0.342 e. The van der Waals surface area contributed by atoms with Crippen LogP contribution in [0.3, 0.4) is 0 Å². The number of amides is 2. The minimum Gasteiger partial charge on any atom is -0.479 e. The predicted octanol–water partition coefficient (Wildman–Crippen LogP) is 5.14. The highest BCUT2D eigenvalue weighted by Crippen LogP contribution is 2.35. The number of thioether (sulfide) groups is 1. The Hall–Kier alpha value is -4.13. The lowest BCUT2D eigenvalue weighted by molar-refractivity contribution is -0.161. The second kappa shape index (κ2) is 14.1. The van der Waals surface area contributed by atoms with Gasteiger partial charge in [0.05, 0.1) is 10.6 Å². The van der Waals surface area contributed by atoms with Gasteiger partial charge in [-0.15, -0.1) is 11.8 Å². The zero-order chi connectivity index (χ0) is 31.9. The van der Waals surface area contributed by atoms with Gasteiger partial charge >= 0.3 is 12.0 Å². The third-order valence-electron chi connectivity index (χ3n) is 7.24. The van der Waals surface area contributed by atoms with Gasteiger partial charge in [-0.05, 0) is 41.9 Å². The highest BCUT2D eigenvalue weighted by molar-refractivity contribution is 7.98. The van der Waals surface area contributed by atoms with Crippen molar-refractivity contribution in [3.8, 4) is 11.1 Å². The van der Waals surface area contributed by atoms with Gasteiger partial charge in [-0.3, -0.25) is 0 Å². The number of sulfonamides is 1. The molecule has 1 atom stereocenters. The molecule has 1 heterocycles. The first-order valence-electron chi connectivity index (χ1n) is 14.2. The smallest absolute Gasteiger partial charge is 0.342 e. The summed E-state index contributed by atoms with van der Waals surface area (Å²) in [5.41, 5.74) is 0.802. The quantitative estimate of drug-likeness (QED) is 0.147. The molecule has 0 bridgehead atoms. The molecule has 1 unspecified atom stereocenters. The fourth-order valence-corrected chi connectivity index (χ4v) is 6.75. The van der Waals surface area contributed by atoms with Crippen LogP contribution in [0.15, 0.2) is 88.8 Å². The third-order valence-corrected chi connectivity index (χ3v) is 9.30. The minimum atomic E-state index is -4.21. The SMILES string of the molecule is CCCc1nc(SC)c(C(O)(CC)C(=O)O)n1Cc1ccc(-c2ccccc2S(=O)(=O)NC(=O)NCc2ccccc2)cc1. The van der Waals surface area contributed by atoms with E-state index in [-0.39, 0.29) is 30.1 Å². The number of nitrogens with one attached hydrogen (secondary N) is 2. The summed E-state index contributed by atoms with van der Waals surface area (Å²) in [4.78, 5) is 29.3. The molecule has 12 heteroatoms. The van der Waals surface area contributed by atoms with E-state index in [9.17, 15) is 28.2 Å². The lowest BCUT2D eigenvalue weighted by atomic mass is 9.96. The molecule has 1 aromatic heterocycles. The van der Waals surface area contributed by atoms with Crippen LogP contribution in [0.2, 0.25) is 0 Å². The Morgan fingerprint density at radius 3 is 2.23 bits per heavy atom. The van der Waals surface area contributed by atoms with Gasteiger partial charge in [0.25, 0.3) is 10.0 Å². The number of hydrogen-bond acceptors (Lipinski definition) is 7. The first kappa shape index (κ1) is 32.8. The van der Waals surface area contributed by atoms with Gasteiger partial charge in [0.2, 0.25) is 5.60 Å². The predicted molar refractivity (Wildman–Crippen MR) is 170 cm³/mol. The zero-order valence-electron chi connectivity index (χ0n) is 24.8. The largest absolute Gasteiger partial charge is 0.479 e. The van der Waals surface area contributed by atoms with Crippen LogP contribution >= 0.6 is 11.8 Å². The molecule has 4 N–H and O–H groups in total. The van der Waals surface area contributed by atoms with Crippen molar-refractivity contribution in [1.29, 1.82) is 0 Å². The topological polar surface area (TPSA) is 151 Å². The second-order valence-corrected chi connectivity index (χ2v) is 12.7. The molecule has 0 aliphatic rings. The summed E-state index contributed by atoms with van der Waals surface area (Å²) in [6, 6.07) is 21.9. The van der Waals surface area contributed by atoms with Crippen molar-refractivity contribution in [2.24, 2.45) is 0 Å². The van der Waals surface area contributed by atoms with Crippen LogP contribution in [0.1, 0.15) is 49.3 Å². The minimum absolute atomic E-state index is 0.0321.